The molecule has 0 fully saturated rings. The molecule has 0 bridgehead atoms. The number of amides is 3. The second-order valence-electron chi connectivity index (χ2n) is 5.35. The molecule has 1 aromatic heterocycles. The quantitative estimate of drug-likeness (QED) is 0.681. The maximum Gasteiger partial charge on any atom is 0.321 e. The van der Waals surface area contributed by atoms with Crippen molar-refractivity contribution in [1.29, 1.82) is 0 Å². The molecule has 1 aromatic carbocycles. The molecule has 0 unspecified atom stereocenters. The van der Waals surface area contributed by atoms with Gasteiger partial charge in [0.25, 0.3) is 0 Å². The first-order chi connectivity index (χ1) is 12.0. The molecule has 2 rings (SSSR count). The number of carbonyl (C=O) groups excluding carboxylic acids is 2. The van der Waals surface area contributed by atoms with Crippen LogP contribution in [0.2, 0.25) is 0 Å². The van der Waals surface area contributed by atoms with E-state index in [1.807, 2.05) is 41.8 Å². The smallest absolute Gasteiger partial charge is 0.321 e. The number of ether oxygens (including phenoxy) is 1. The Morgan fingerprint density at radius 1 is 1.24 bits per heavy atom. The fraction of sp³-hybridized carbons (Fsp3) is 0.294. The Bertz CT molecular complexity index is 677. The lowest BCUT2D eigenvalue weighted by molar-refractivity contribution is -0.120. The lowest BCUT2D eigenvalue weighted by Gasteiger charge is -2.16. The number of rotatable bonds is 8. The van der Waals surface area contributed by atoms with Crippen molar-refractivity contribution in [3.8, 4) is 5.75 Å². The van der Waals surface area contributed by atoms with Gasteiger partial charge in [-0.15, -0.1) is 11.3 Å². The Labute approximate surface area is 159 Å². The van der Waals surface area contributed by atoms with Crippen molar-refractivity contribution in [3.05, 3.63) is 51.1 Å². The normalized spacial score (nSPS) is 10.5. The van der Waals surface area contributed by atoms with E-state index in [2.05, 4.69) is 26.6 Å². The first-order valence-electron chi connectivity index (χ1n) is 7.70. The molecular weight excluding hydrogens is 406 g/mol. The second kappa shape index (κ2) is 10.2. The molecule has 0 atom stereocenters. The molecule has 8 heteroatoms. The molecule has 134 valence electrons. The molecule has 0 aliphatic carbocycles. The summed E-state index contributed by atoms with van der Waals surface area (Å²) in [7, 11) is 1.80. The molecule has 6 nitrogen and oxygen atoms in total. The van der Waals surface area contributed by atoms with Crippen LogP contribution >= 0.6 is 27.3 Å². The van der Waals surface area contributed by atoms with Crippen LogP contribution in [0.1, 0.15) is 4.88 Å². The predicted octanol–water partition coefficient (Wildman–Crippen LogP) is 2.85. The number of likely N-dealkylation sites (N-methyl/N-ethyl adjacent to an activating group) is 1. The summed E-state index contributed by atoms with van der Waals surface area (Å²) in [6.07, 6.45) is 0. The van der Waals surface area contributed by atoms with Crippen LogP contribution in [0.4, 0.5) is 4.79 Å². The van der Waals surface area contributed by atoms with Gasteiger partial charge < -0.3 is 10.1 Å². The van der Waals surface area contributed by atoms with Gasteiger partial charge in [0.05, 0.1) is 13.1 Å². The summed E-state index contributed by atoms with van der Waals surface area (Å²) in [5.41, 5.74) is 0. The molecule has 25 heavy (non-hydrogen) atoms. The summed E-state index contributed by atoms with van der Waals surface area (Å²) < 4.78 is 6.59. The van der Waals surface area contributed by atoms with Gasteiger partial charge in [0, 0.05) is 15.9 Å². The van der Waals surface area contributed by atoms with E-state index >= 15 is 0 Å². The highest BCUT2D eigenvalue weighted by Gasteiger charge is 2.10. The summed E-state index contributed by atoms with van der Waals surface area (Å²) in [5, 5.41) is 6.90. The number of hydrogen-bond donors (Lipinski definition) is 2. The minimum Gasteiger partial charge on any atom is -0.492 e. The zero-order valence-corrected chi connectivity index (χ0v) is 16.2. The van der Waals surface area contributed by atoms with Gasteiger partial charge in [-0.3, -0.25) is 15.0 Å². The third kappa shape index (κ3) is 7.68. The monoisotopic (exact) mass is 425 g/mol. The standard InChI is InChI=1S/C17H20BrN3O3S/c1-21(8-9-24-14-6-4-13(18)5-7-14)12-16(22)20-17(23)19-11-15-3-2-10-25-15/h2-7,10H,8-9,11-12H2,1H3,(H2,19,20,22,23). The van der Waals surface area contributed by atoms with E-state index in [0.717, 1.165) is 15.1 Å². The van der Waals surface area contributed by atoms with Gasteiger partial charge in [-0.05, 0) is 42.8 Å². The van der Waals surface area contributed by atoms with Crippen LogP contribution < -0.4 is 15.4 Å². The molecule has 0 aliphatic rings. The molecule has 0 saturated heterocycles. The summed E-state index contributed by atoms with van der Waals surface area (Å²) in [6.45, 7) is 1.56. The van der Waals surface area contributed by atoms with Gasteiger partial charge in [-0.1, -0.05) is 22.0 Å². The number of imide groups is 1. The van der Waals surface area contributed by atoms with E-state index in [9.17, 15) is 9.59 Å². The molecule has 1 heterocycles. The van der Waals surface area contributed by atoms with Crippen LogP contribution in [0.5, 0.6) is 5.75 Å². The number of hydrogen-bond acceptors (Lipinski definition) is 5. The highest BCUT2D eigenvalue weighted by Crippen LogP contribution is 2.15. The molecule has 0 aliphatic heterocycles. The first kappa shape index (κ1) is 19.4. The van der Waals surface area contributed by atoms with Crippen LogP contribution in [0.25, 0.3) is 0 Å². The highest BCUT2D eigenvalue weighted by atomic mass is 79.9. The summed E-state index contributed by atoms with van der Waals surface area (Å²) >= 11 is 4.92. The zero-order valence-electron chi connectivity index (χ0n) is 13.8. The number of nitrogens with zero attached hydrogens (tertiary/aromatic N) is 1. The lowest BCUT2D eigenvalue weighted by atomic mass is 10.3. The maximum atomic E-state index is 11.8. The predicted molar refractivity (Wildman–Crippen MR) is 102 cm³/mol. The van der Waals surface area contributed by atoms with Crippen molar-refractivity contribution < 1.29 is 14.3 Å². The number of benzene rings is 1. The Kier molecular flexibility index (Phi) is 7.90. The number of carbonyl (C=O) groups is 2. The van der Waals surface area contributed by atoms with Crippen LogP contribution in [0.3, 0.4) is 0 Å². The van der Waals surface area contributed by atoms with Crippen LogP contribution in [-0.4, -0.2) is 43.6 Å². The van der Waals surface area contributed by atoms with Gasteiger partial charge in [-0.2, -0.15) is 0 Å². The average molecular weight is 426 g/mol. The van der Waals surface area contributed by atoms with Gasteiger partial charge in [0.1, 0.15) is 12.4 Å². The Hall–Kier alpha value is -1.90. The van der Waals surface area contributed by atoms with E-state index in [1.165, 1.54) is 0 Å². The second-order valence-corrected chi connectivity index (χ2v) is 7.30. The van der Waals surface area contributed by atoms with Crippen LogP contribution in [0.15, 0.2) is 46.3 Å². The minimum atomic E-state index is -0.488. The maximum absolute atomic E-state index is 11.8. The number of halogens is 1. The van der Waals surface area contributed by atoms with E-state index in [4.69, 9.17) is 4.74 Å². The van der Waals surface area contributed by atoms with Crippen molar-refractivity contribution in [1.82, 2.24) is 15.5 Å². The largest absolute Gasteiger partial charge is 0.492 e. The molecule has 0 radical (unpaired) electrons. The molecule has 0 saturated carbocycles. The lowest BCUT2D eigenvalue weighted by Crippen LogP contribution is -2.44. The third-order valence-electron chi connectivity index (χ3n) is 3.23. The van der Waals surface area contributed by atoms with Crippen molar-refractivity contribution in [2.75, 3.05) is 26.7 Å². The molecule has 2 aromatic rings. The van der Waals surface area contributed by atoms with E-state index < -0.39 is 6.03 Å². The van der Waals surface area contributed by atoms with Crippen molar-refractivity contribution in [2.45, 2.75) is 6.54 Å². The van der Waals surface area contributed by atoms with Crippen molar-refractivity contribution >= 4 is 39.2 Å². The number of nitrogens with one attached hydrogen (secondary N) is 2. The average Bonchev–Trinajstić information content (AvgIpc) is 3.08. The van der Waals surface area contributed by atoms with Gasteiger partial charge >= 0.3 is 6.03 Å². The van der Waals surface area contributed by atoms with Crippen LogP contribution in [-0.2, 0) is 11.3 Å². The summed E-state index contributed by atoms with van der Waals surface area (Å²) in [5.74, 6) is 0.420. The Morgan fingerprint density at radius 3 is 2.68 bits per heavy atom. The summed E-state index contributed by atoms with van der Waals surface area (Å²) in [6, 6.07) is 10.9. The molecule has 2 N–H and O–H groups in total. The molecule has 3 amide bonds. The topological polar surface area (TPSA) is 70.7 Å². The fourth-order valence-corrected chi connectivity index (χ4v) is 2.87. The van der Waals surface area contributed by atoms with E-state index in [-0.39, 0.29) is 12.5 Å². The zero-order chi connectivity index (χ0) is 18.1. The fourth-order valence-electron chi connectivity index (χ4n) is 1.97. The van der Waals surface area contributed by atoms with Gasteiger partial charge in [0.15, 0.2) is 0 Å². The Morgan fingerprint density at radius 2 is 2.00 bits per heavy atom. The Balaban J connectivity index is 1.60. The van der Waals surface area contributed by atoms with Crippen LogP contribution in [0, 0.1) is 0 Å². The molecule has 0 spiro atoms. The van der Waals surface area contributed by atoms with E-state index in [0.29, 0.717) is 19.7 Å². The van der Waals surface area contributed by atoms with Crippen molar-refractivity contribution in [2.24, 2.45) is 0 Å². The third-order valence-corrected chi connectivity index (χ3v) is 4.63. The summed E-state index contributed by atoms with van der Waals surface area (Å²) in [4.78, 5) is 26.3. The van der Waals surface area contributed by atoms with Gasteiger partial charge in [0.2, 0.25) is 5.91 Å². The van der Waals surface area contributed by atoms with Crippen molar-refractivity contribution in [3.63, 3.8) is 0 Å². The number of thiophene rings is 1. The highest BCUT2D eigenvalue weighted by molar-refractivity contribution is 9.10. The molecular formula is C17H20BrN3O3S. The first-order valence-corrected chi connectivity index (χ1v) is 9.37. The number of urea groups is 1. The van der Waals surface area contributed by atoms with Gasteiger partial charge in [-0.25, -0.2) is 4.79 Å². The minimum absolute atomic E-state index is 0.121. The van der Waals surface area contributed by atoms with E-state index in [1.54, 1.807) is 23.3 Å². The SMILES string of the molecule is CN(CCOc1ccc(Br)cc1)CC(=O)NC(=O)NCc1cccs1.